The first-order valence-electron chi connectivity index (χ1n) is 6.99. The molecular weight excluding hydrogens is 385 g/mol. The van der Waals surface area contributed by atoms with E-state index in [4.69, 9.17) is 23.8 Å². The Morgan fingerprint density at radius 2 is 1.96 bits per heavy atom. The molecule has 3 N–H and O–H groups in total. The molecule has 0 spiro atoms. The van der Waals surface area contributed by atoms with E-state index in [1.54, 1.807) is 0 Å². The highest BCUT2D eigenvalue weighted by atomic mass is 35.5. The number of benzene rings is 2. The van der Waals surface area contributed by atoms with Gasteiger partial charge in [-0.2, -0.15) is 0 Å². The number of non-ortho nitro benzene ring substituents is 1. The number of nitrogens with one attached hydrogen (secondary N) is 2. The summed E-state index contributed by atoms with van der Waals surface area (Å²) >= 11 is 10.6. The Hall–Kier alpha value is -3.04. The molecule has 0 heterocycles. The molecule has 0 aliphatic rings. The van der Waals surface area contributed by atoms with Crippen LogP contribution in [0.4, 0.5) is 15.8 Å². The lowest BCUT2D eigenvalue weighted by atomic mass is 10.2. The van der Waals surface area contributed by atoms with E-state index in [0.29, 0.717) is 5.56 Å². The number of amides is 1. The van der Waals surface area contributed by atoms with Crippen LogP contribution in [-0.2, 0) is 4.79 Å². The van der Waals surface area contributed by atoms with Crippen LogP contribution in [0.5, 0.6) is 5.75 Å². The maximum absolute atomic E-state index is 12.8. The van der Waals surface area contributed by atoms with Crippen LogP contribution in [0.25, 0.3) is 6.08 Å². The molecule has 0 aliphatic carbocycles. The predicted octanol–water partition coefficient (Wildman–Crippen LogP) is 3.62. The van der Waals surface area contributed by atoms with E-state index < -0.39 is 22.4 Å². The normalized spacial score (nSPS) is 10.5. The number of phenols is 1. The van der Waals surface area contributed by atoms with Crippen molar-refractivity contribution in [2.45, 2.75) is 0 Å². The number of halogens is 2. The second kappa shape index (κ2) is 8.37. The minimum atomic E-state index is -0.691. The number of carbonyl (C=O) groups is 1. The molecule has 0 bridgehead atoms. The Bertz CT molecular complexity index is 903. The Morgan fingerprint density at radius 3 is 2.58 bits per heavy atom. The largest absolute Gasteiger partial charge is 0.504 e. The number of aromatic hydroxyl groups is 1. The molecule has 0 aromatic heterocycles. The zero-order valence-electron chi connectivity index (χ0n) is 12.9. The lowest BCUT2D eigenvalue weighted by molar-refractivity contribution is -0.384. The van der Waals surface area contributed by atoms with E-state index in [1.165, 1.54) is 36.4 Å². The number of rotatable bonds is 4. The number of hydrogen-bond acceptors (Lipinski definition) is 5. The van der Waals surface area contributed by atoms with E-state index >= 15 is 0 Å². The Kier molecular flexibility index (Phi) is 6.21. The number of nitrogens with zero attached hydrogens (tertiary/aromatic N) is 1. The number of anilines is 1. The van der Waals surface area contributed by atoms with Gasteiger partial charge in [0.05, 0.1) is 15.6 Å². The summed E-state index contributed by atoms with van der Waals surface area (Å²) in [5.41, 5.74) is 0.112. The standard InChI is InChI=1S/C16H11ClFN3O4S/c17-12-7-11(21(24)25)8-13(15(12)23)19-16(26)20-14(22)6-3-9-1-4-10(18)5-2-9/h1-8,23H,(H2,19,20,22,26). The number of phenolic OH excluding ortho intramolecular Hbond substituents is 1. The first kappa shape index (κ1) is 19.3. The average Bonchev–Trinajstić information content (AvgIpc) is 2.58. The van der Waals surface area contributed by atoms with Gasteiger partial charge in [-0.25, -0.2) is 4.39 Å². The van der Waals surface area contributed by atoms with Crippen molar-refractivity contribution in [1.29, 1.82) is 0 Å². The second-order valence-electron chi connectivity index (χ2n) is 4.91. The van der Waals surface area contributed by atoms with Gasteiger partial charge in [0.25, 0.3) is 5.69 Å². The van der Waals surface area contributed by atoms with Crippen molar-refractivity contribution in [3.05, 3.63) is 69.0 Å². The van der Waals surface area contributed by atoms with Crippen LogP contribution in [0.15, 0.2) is 42.5 Å². The highest BCUT2D eigenvalue weighted by molar-refractivity contribution is 7.80. The highest BCUT2D eigenvalue weighted by Crippen LogP contribution is 2.35. The first-order chi connectivity index (χ1) is 12.3. The van der Waals surface area contributed by atoms with Gasteiger partial charge in [-0.15, -0.1) is 0 Å². The molecule has 1 amide bonds. The van der Waals surface area contributed by atoms with E-state index in [9.17, 15) is 24.4 Å². The predicted molar refractivity (Wildman–Crippen MR) is 99.6 cm³/mol. The summed E-state index contributed by atoms with van der Waals surface area (Å²) in [5, 5.41) is 25.0. The van der Waals surface area contributed by atoms with Crippen molar-refractivity contribution in [3.63, 3.8) is 0 Å². The zero-order chi connectivity index (χ0) is 19.3. The van der Waals surface area contributed by atoms with E-state index in [-0.39, 0.29) is 21.5 Å². The van der Waals surface area contributed by atoms with Crippen LogP contribution in [0, 0.1) is 15.9 Å². The third kappa shape index (κ3) is 5.23. The Balaban J connectivity index is 2.03. The molecule has 10 heteroatoms. The van der Waals surface area contributed by atoms with Crippen LogP contribution < -0.4 is 10.6 Å². The second-order valence-corrected chi connectivity index (χ2v) is 5.72. The fourth-order valence-corrected chi connectivity index (χ4v) is 2.26. The van der Waals surface area contributed by atoms with E-state index in [0.717, 1.165) is 12.1 Å². The van der Waals surface area contributed by atoms with Gasteiger partial charge in [0.15, 0.2) is 10.9 Å². The fraction of sp³-hybridized carbons (Fsp3) is 0. The third-order valence-electron chi connectivity index (χ3n) is 3.04. The molecule has 2 rings (SSSR count). The van der Waals surface area contributed by atoms with Crippen molar-refractivity contribution < 1.29 is 19.2 Å². The van der Waals surface area contributed by atoms with Crippen LogP contribution in [0.1, 0.15) is 5.56 Å². The van der Waals surface area contributed by atoms with Gasteiger partial charge in [0, 0.05) is 18.2 Å². The van der Waals surface area contributed by atoms with E-state index in [1.807, 2.05) is 0 Å². The van der Waals surface area contributed by atoms with Gasteiger partial charge in [-0.1, -0.05) is 23.7 Å². The van der Waals surface area contributed by atoms with Gasteiger partial charge >= 0.3 is 0 Å². The molecule has 0 fully saturated rings. The number of carbonyl (C=O) groups excluding carboxylic acids is 1. The van der Waals surface area contributed by atoms with Gasteiger partial charge in [0.1, 0.15) is 5.82 Å². The van der Waals surface area contributed by atoms with Gasteiger partial charge in [-0.05, 0) is 36.0 Å². The molecule has 0 unspecified atom stereocenters. The van der Waals surface area contributed by atoms with Gasteiger partial charge in [-0.3, -0.25) is 20.2 Å². The molecule has 0 radical (unpaired) electrons. The molecule has 134 valence electrons. The number of hydrogen-bond donors (Lipinski definition) is 3. The summed E-state index contributed by atoms with van der Waals surface area (Å²) in [6.07, 6.45) is 2.61. The Labute approximate surface area is 157 Å². The lowest BCUT2D eigenvalue weighted by Crippen LogP contribution is -2.32. The molecule has 26 heavy (non-hydrogen) atoms. The van der Waals surface area contributed by atoms with Crippen molar-refractivity contribution in [2.75, 3.05) is 5.32 Å². The molecule has 2 aromatic rings. The topological polar surface area (TPSA) is 104 Å². The summed E-state index contributed by atoms with van der Waals surface area (Å²) in [6, 6.07) is 7.47. The monoisotopic (exact) mass is 395 g/mol. The van der Waals surface area contributed by atoms with Crippen molar-refractivity contribution >= 4 is 52.3 Å². The van der Waals surface area contributed by atoms with E-state index in [2.05, 4.69) is 10.6 Å². The zero-order valence-corrected chi connectivity index (χ0v) is 14.5. The van der Waals surface area contributed by atoms with Crippen molar-refractivity contribution in [3.8, 4) is 5.75 Å². The van der Waals surface area contributed by atoms with Crippen molar-refractivity contribution in [2.24, 2.45) is 0 Å². The quantitative estimate of drug-likeness (QED) is 0.240. The highest BCUT2D eigenvalue weighted by Gasteiger charge is 2.16. The summed E-state index contributed by atoms with van der Waals surface area (Å²) in [4.78, 5) is 21.9. The maximum atomic E-state index is 12.8. The van der Waals surface area contributed by atoms with Crippen LogP contribution in [0.2, 0.25) is 5.02 Å². The smallest absolute Gasteiger partial charge is 0.273 e. The summed E-state index contributed by atoms with van der Waals surface area (Å²) < 4.78 is 12.8. The minimum absolute atomic E-state index is 0.128. The molecule has 7 nitrogen and oxygen atoms in total. The maximum Gasteiger partial charge on any atom is 0.273 e. The van der Waals surface area contributed by atoms with Gasteiger partial charge in [0.2, 0.25) is 5.91 Å². The third-order valence-corrected chi connectivity index (χ3v) is 3.53. The first-order valence-corrected chi connectivity index (χ1v) is 7.77. The molecule has 0 atom stereocenters. The molecule has 0 saturated heterocycles. The summed E-state index contributed by atoms with van der Waals surface area (Å²) in [7, 11) is 0. The average molecular weight is 396 g/mol. The van der Waals surface area contributed by atoms with Crippen molar-refractivity contribution in [1.82, 2.24) is 5.32 Å². The van der Waals surface area contributed by atoms with Crippen LogP contribution in [0.3, 0.4) is 0 Å². The molecule has 2 aromatic carbocycles. The van der Waals surface area contributed by atoms with Crippen LogP contribution in [-0.4, -0.2) is 21.0 Å². The SMILES string of the molecule is O=C(C=Cc1ccc(F)cc1)NC(=S)Nc1cc([N+](=O)[O-])cc(Cl)c1O. The molecule has 0 saturated carbocycles. The van der Waals surface area contributed by atoms with Crippen LogP contribution >= 0.6 is 23.8 Å². The number of nitro benzene ring substituents is 1. The number of nitro groups is 1. The minimum Gasteiger partial charge on any atom is -0.504 e. The molecule has 0 aliphatic heterocycles. The molecular formula is C16H11ClFN3O4S. The summed E-state index contributed by atoms with van der Waals surface area (Å²) in [5.74, 6) is -1.44. The van der Waals surface area contributed by atoms with Gasteiger partial charge < -0.3 is 10.4 Å². The number of thiocarbonyl (C=S) groups is 1. The Morgan fingerprint density at radius 1 is 1.31 bits per heavy atom. The lowest BCUT2D eigenvalue weighted by Gasteiger charge is -2.10. The summed E-state index contributed by atoms with van der Waals surface area (Å²) in [6.45, 7) is 0. The fourth-order valence-electron chi connectivity index (χ4n) is 1.84.